The molecule has 0 fully saturated rings. The zero-order valence-corrected chi connectivity index (χ0v) is 14.2. The van der Waals surface area contributed by atoms with Gasteiger partial charge in [0.15, 0.2) is 15.8 Å². The Morgan fingerprint density at radius 3 is 2.57 bits per heavy atom. The maximum atomic E-state index is 5.35. The Labute approximate surface area is 133 Å². The summed E-state index contributed by atoms with van der Waals surface area (Å²) in [6.07, 6.45) is 0. The van der Waals surface area contributed by atoms with Crippen molar-refractivity contribution >= 4 is 28.2 Å². The van der Waals surface area contributed by atoms with E-state index in [2.05, 4.69) is 22.4 Å². The molecule has 0 unspecified atom stereocenters. The highest BCUT2D eigenvalue weighted by Gasteiger charge is 2.10. The van der Waals surface area contributed by atoms with Crippen LogP contribution in [0, 0.1) is 6.92 Å². The summed E-state index contributed by atoms with van der Waals surface area (Å²) in [4.78, 5) is 0. The third-order valence-electron chi connectivity index (χ3n) is 2.93. The van der Waals surface area contributed by atoms with Gasteiger partial charge in [-0.2, -0.15) is 0 Å². The fourth-order valence-electron chi connectivity index (χ4n) is 1.81. The van der Waals surface area contributed by atoms with Crippen LogP contribution >= 0.6 is 23.1 Å². The number of rotatable bonds is 7. The number of nitrogens with zero attached hydrogens (tertiary/aromatic N) is 2. The average molecular weight is 325 g/mol. The Morgan fingerprint density at radius 2 is 1.90 bits per heavy atom. The number of hydrogen-bond acceptors (Lipinski definition) is 7. The minimum Gasteiger partial charge on any atom is -0.493 e. The van der Waals surface area contributed by atoms with Crippen molar-refractivity contribution in [2.24, 2.45) is 0 Å². The third-order valence-corrected chi connectivity index (χ3v) is 4.99. The Kier molecular flexibility index (Phi) is 5.69. The molecule has 0 saturated heterocycles. The van der Waals surface area contributed by atoms with Crippen molar-refractivity contribution in [3.05, 3.63) is 23.3 Å². The summed E-state index contributed by atoms with van der Waals surface area (Å²) in [7, 11) is 3.30. The predicted molar refractivity (Wildman–Crippen MR) is 87.9 cm³/mol. The molecule has 0 aliphatic carbocycles. The summed E-state index contributed by atoms with van der Waals surface area (Å²) >= 11 is 3.25. The molecule has 114 valence electrons. The second-order valence-electron chi connectivity index (χ2n) is 4.33. The Hall–Kier alpha value is -1.47. The predicted octanol–water partition coefficient (Wildman–Crippen LogP) is 3.59. The SMILES string of the molecule is CCNc1nnc(SCc2cc(OC)c(OC)cc2C)s1. The second-order valence-corrected chi connectivity index (χ2v) is 6.53. The van der Waals surface area contributed by atoms with Gasteiger partial charge in [-0.25, -0.2) is 0 Å². The lowest BCUT2D eigenvalue weighted by Gasteiger charge is -2.12. The molecule has 0 spiro atoms. The molecule has 0 amide bonds. The first-order chi connectivity index (χ1) is 10.2. The smallest absolute Gasteiger partial charge is 0.206 e. The van der Waals surface area contributed by atoms with Crippen molar-refractivity contribution in [3.8, 4) is 11.5 Å². The maximum Gasteiger partial charge on any atom is 0.206 e. The monoisotopic (exact) mass is 325 g/mol. The van der Waals surface area contributed by atoms with Gasteiger partial charge in [-0.3, -0.25) is 0 Å². The summed E-state index contributed by atoms with van der Waals surface area (Å²) in [5.41, 5.74) is 2.38. The van der Waals surface area contributed by atoms with Crippen LogP contribution < -0.4 is 14.8 Å². The van der Waals surface area contributed by atoms with E-state index in [0.717, 1.165) is 33.3 Å². The highest BCUT2D eigenvalue weighted by atomic mass is 32.2. The van der Waals surface area contributed by atoms with Crippen LogP contribution in [0.4, 0.5) is 5.13 Å². The highest BCUT2D eigenvalue weighted by molar-refractivity contribution is 8.00. The molecule has 7 heteroatoms. The van der Waals surface area contributed by atoms with E-state index in [1.54, 1.807) is 37.3 Å². The van der Waals surface area contributed by atoms with Crippen molar-refractivity contribution in [2.45, 2.75) is 23.9 Å². The normalized spacial score (nSPS) is 10.5. The van der Waals surface area contributed by atoms with E-state index in [1.165, 1.54) is 11.1 Å². The number of benzene rings is 1. The lowest BCUT2D eigenvalue weighted by atomic mass is 10.1. The molecule has 0 atom stereocenters. The molecular formula is C14H19N3O2S2. The van der Waals surface area contributed by atoms with Crippen LogP contribution in [0.15, 0.2) is 16.5 Å². The molecule has 0 aliphatic heterocycles. The number of methoxy groups -OCH3 is 2. The number of ether oxygens (including phenoxy) is 2. The van der Waals surface area contributed by atoms with Crippen LogP contribution in [0.1, 0.15) is 18.1 Å². The summed E-state index contributed by atoms with van der Waals surface area (Å²) < 4.78 is 11.6. The number of anilines is 1. The minimum absolute atomic E-state index is 0.754. The topological polar surface area (TPSA) is 56.3 Å². The van der Waals surface area contributed by atoms with Gasteiger partial charge >= 0.3 is 0 Å². The van der Waals surface area contributed by atoms with E-state index in [0.29, 0.717) is 0 Å². The Balaban J connectivity index is 2.08. The largest absolute Gasteiger partial charge is 0.493 e. The molecule has 0 saturated carbocycles. The first-order valence-corrected chi connectivity index (χ1v) is 8.39. The number of aromatic nitrogens is 2. The molecule has 1 N–H and O–H groups in total. The quantitative estimate of drug-likeness (QED) is 0.785. The lowest BCUT2D eigenvalue weighted by Crippen LogP contribution is -1.95. The number of thioether (sulfide) groups is 1. The summed E-state index contributed by atoms with van der Waals surface area (Å²) in [5.74, 6) is 2.34. The van der Waals surface area contributed by atoms with Gasteiger partial charge in [-0.05, 0) is 37.1 Å². The fraction of sp³-hybridized carbons (Fsp3) is 0.429. The van der Waals surface area contributed by atoms with Gasteiger partial charge in [0.2, 0.25) is 5.13 Å². The van der Waals surface area contributed by atoms with Gasteiger partial charge < -0.3 is 14.8 Å². The molecule has 2 aromatic rings. The first kappa shape index (κ1) is 15.9. The van der Waals surface area contributed by atoms with Gasteiger partial charge in [0.25, 0.3) is 0 Å². The van der Waals surface area contributed by atoms with Crippen molar-refractivity contribution in [1.29, 1.82) is 0 Å². The summed E-state index contributed by atoms with van der Waals surface area (Å²) in [6.45, 7) is 4.97. The number of hydrogen-bond donors (Lipinski definition) is 1. The van der Waals surface area contributed by atoms with Crippen molar-refractivity contribution in [3.63, 3.8) is 0 Å². The lowest BCUT2D eigenvalue weighted by molar-refractivity contribution is 0.354. The van der Waals surface area contributed by atoms with Crippen LogP contribution in [-0.2, 0) is 5.75 Å². The van der Waals surface area contributed by atoms with E-state index in [-0.39, 0.29) is 0 Å². The second kappa shape index (κ2) is 7.51. The van der Waals surface area contributed by atoms with Crippen molar-refractivity contribution in [1.82, 2.24) is 10.2 Å². The van der Waals surface area contributed by atoms with Gasteiger partial charge in [0.05, 0.1) is 14.2 Å². The highest BCUT2D eigenvalue weighted by Crippen LogP contribution is 2.34. The molecule has 0 aliphatic rings. The maximum absolute atomic E-state index is 5.35. The van der Waals surface area contributed by atoms with E-state index in [4.69, 9.17) is 9.47 Å². The van der Waals surface area contributed by atoms with Crippen LogP contribution in [0.2, 0.25) is 0 Å². The van der Waals surface area contributed by atoms with Crippen LogP contribution in [0.25, 0.3) is 0 Å². The molecule has 2 rings (SSSR count). The molecule has 1 aromatic heterocycles. The first-order valence-electron chi connectivity index (χ1n) is 6.59. The zero-order valence-electron chi connectivity index (χ0n) is 12.6. The standard InChI is InChI=1S/C14H19N3O2S2/c1-5-15-13-16-17-14(21-13)20-8-10-7-12(19-4)11(18-3)6-9(10)2/h6-7H,5,8H2,1-4H3,(H,15,16). The average Bonchev–Trinajstić information content (AvgIpc) is 2.93. The molecule has 0 radical (unpaired) electrons. The van der Waals surface area contributed by atoms with Crippen molar-refractivity contribution < 1.29 is 9.47 Å². The number of nitrogens with one attached hydrogen (secondary N) is 1. The minimum atomic E-state index is 0.754. The van der Waals surface area contributed by atoms with Crippen LogP contribution in [0.5, 0.6) is 11.5 Å². The fourth-order valence-corrected chi connectivity index (χ4v) is 3.69. The molecule has 21 heavy (non-hydrogen) atoms. The van der Waals surface area contributed by atoms with E-state index >= 15 is 0 Å². The molecular weight excluding hydrogens is 306 g/mol. The third kappa shape index (κ3) is 4.01. The summed E-state index contributed by atoms with van der Waals surface area (Å²) in [5, 5.41) is 12.3. The number of aryl methyl sites for hydroxylation is 1. The van der Waals surface area contributed by atoms with Gasteiger partial charge in [-0.1, -0.05) is 23.1 Å². The van der Waals surface area contributed by atoms with Gasteiger partial charge in [-0.15, -0.1) is 10.2 Å². The molecule has 1 aromatic carbocycles. The van der Waals surface area contributed by atoms with Crippen LogP contribution in [-0.4, -0.2) is 31.0 Å². The Morgan fingerprint density at radius 1 is 1.19 bits per heavy atom. The van der Waals surface area contributed by atoms with Gasteiger partial charge in [0.1, 0.15) is 0 Å². The molecule has 5 nitrogen and oxygen atoms in total. The van der Waals surface area contributed by atoms with Crippen LogP contribution in [0.3, 0.4) is 0 Å². The zero-order chi connectivity index (χ0) is 15.2. The summed E-state index contributed by atoms with van der Waals surface area (Å²) in [6, 6.07) is 4.02. The molecule has 1 heterocycles. The van der Waals surface area contributed by atoms with E-state index < -0.39 is 0 Å². The molecule has 0 bridgehead atoms. The Bertz CT molecular complexity index is 602. The van der Waals surface area contributed by atoms with Gasteiger partial charge in [0, 0.05) is 12.3 Å². The van der Waals surface area contributed by atoms with E-state index in [9.17, 15) is 0 Å². The van der Waals surface area contributed by atoms with E-state index in [1.807, 2.05) is 19.1 Å². The van der Waals surface area contributed by atoms with Crippen molar-refractivity contribution in [2.75, 3.05) is 26.1 Å².